The Hall–Kier alpha value is -2.00. The summed E-state index contributed by atoms with van der Waals surface area (Å²) in [6, 6.07) is 8.43. The molecule has 37 heavy (non-hydrogen) atoms. The highest BCUT2D eigenvalue weighted by atomic mass is 35.5. The Balaban J connectivity index is 1.40. The molecule has 2 aliphatic carbocycles. The molecule has 2 aromatic rings. The van der Waals surface area contributed by atoms with Crippen molar-refractivity contribution >= 4 is 32.8 Å². The van der Waals surface area contributed by atoms with Crippen molar-refractivity contribution in [1.29, 1.82) is 0 Å². The van der Waals surface area contributed by atoms with E-state index in [-0.39, 0.29) is 22.4 Å². The fourth-order valence-electron chi connectivity index (χ4n) is 5.22. The first kappa shape index (κ1) is 26.6. The molecule has 2 unspecified atom stereocenters. The average Bonchev–Trinajstić information content (AvgIpc) is 3.76. The van der Waals surface area contributed by atoms with Crippen molar-refractivity contribution in [2.45, 2.75) is 73.5 Å². The predicted octanol–water partition coefficient (Wildman–Crippen LogP) is 6.50. The second-order valence-corrected chi connectivity index (χ2v) is 13.1. The SMILES string of the molecule is O=S(=O)(c1cc(C(Nc2ccc(F)c(Cl)c2)=C2CC2)ccc1F)C1CCCOCC(O)(C2CC2)CCC1. The summed E-state index contributed by atoms with van der Waals surface area (Å²) in [5.74, 6) is -1.10. The topological polar surface area (TPSA) is 75.6 Å². The molecule has 3 aliphatic rings. The Bertz CT molecular complexity index is 1310. The van der Waals surface area contributed by atoms with Crippen LogP contribution in [0.25, 0.3) is 5.70 Å². The summed E-state index contributed by atoms with van der Waals surface area (Å²) in [6.07, 6.45) is 5.87. The lowest BCUT2D eigenvalue weighted by Crippen LogP contribution is -2.38. The molecule has 2 aromatic carbocycles. The van der Waals surface area contributed by atoms with E-state index in [2.05, 4.69) is 5.32 Å². The first-order valence-electron chi connectivity index (χ1n) is 13.0. The van der Waals surface area contributed by atoms with Gasteiger partial charge in [0.1, 0.15) is 16.5 Å². The second kappa shape index (κ2) is 10.6. The van der Waals surface area contributed by atoms with E-state index in [0.29, 0.717) is 55.7 Å². The van der Waals surface area contributed by atoms with E-state index in [1.165, 1.54) is 24.3 Å². The van der Waals surface area contributed by atoms with Gasteiger partial charge in [-0.15, -0.1) is 0 Å². The third-order valence-electron chi connectivity index (χ3n) is 7.65. The average molecular weight is 552 g/mol. The summed E-state index contributed by atoms with van der Waals surface area (Å²) in [5.41, 5.74) is 1.97. The maximum absolute atomic E-state index is 15.0. The number of ether oxygens (including phenoxy) is 1. The van der Waals surface area contributed by atoms with E-state index in [0.717, 1.165) is 31.3 Å². The molecule has 5 rings (SSSR count). The number of rotatable bonds is 6. The Morgan fingerprint density at radius 2 is 1.76 bits per heavy atom. The number of sulfone groups is 1. The van der Waals surface area contributed by atoms with Crippen LogP contribution < -0.4 is 5.32 Å². The van der Waals surface area contributed by atoms with E-state index in [1.54, 1.807) is 12.1 Å². The van der Waals surface area contributed by atoms with Crippen LogP contribution in [0.2, 0.25) is 5.02 Å². The summed E-state index contributed by atoms with van der Waals surface area (Å²) in [7, 11) is -3.98. The Labute approximate surface area is 221 Å². The molecule has 2 atom stereocenters. The van der Waals surface area contributed by atoms with Crippen molar-refractivity contribution in [3.8, 4) is 0 Å². The van der Waals surface area contributed by atoms with Crippen LogP contribution in [0.4, 0.5) is 14.5 Å². The highest BCUT2D eigenvalue weighted by molar-refractivity contribution is 7.92. The van der Waals surface area contributed by atoms with Crippen LogP contribution in [0.5, 0.6) is 0 Å². The van der Waals surface area contributed by atoms with E-state index in [4.69, 9.17) is 16.3 Å². The molecular formula is C28H32ClF2NO4S. The Morgan fingerprint density at radius 3 is 2.46 bits per heavy atom. The maximum atomic E-state index is 15.0. The fourth-order valence-corrected chi connectivity index (χ4v) is 7.34. The number of halogens is 3. The molecule has 200 valence electrons. The van der Waals surface area contributed by atoms with Crippen molar-refractivity contribution < 1.29 is 27.0 Å². The van der Waals surface area contributed by atoms with Gasteiger partial charge in [-0.05, 0) is 111 Å². The molecule has 1 saturated heterocycles. The first-order valence-corrected chi connectivity index (χ1v) is 14.9. The zero-order valence-corrected chi connectivity index (χ0v) is 22.2. The van der Waals surface area contributed by atoms with Crippen LogP contribution in [0, 0.1) is 17.6 Å². The summed E-state index contributed by atoms with van der Waals surface area (Å²) in [6.45, 7) is 0.652. The summed E-state index contributed by atoms with van der Waals surface area (Å²) < 4.78 is 61.9. The highest BCUT2D eigenvalue weighted by Crippen LogP contribution is 2.43. The third-order valence-corrected chi connectivity index (χ3v) is 10.2. The third kappa shape index (κ3) is 6.03. The monoisotopic (exact) mass is 551 g/mol. The number of allylic oxidation sites excluding steroid dienone is 1. The zero-order chi connectivity index (χ0) is 26.2. The molecule has 1 aliphatic heterocycles. The van der Waals surface area contributed by atoms with Crippen LogP contribution in [-0.4, -0.2) is 37.6 Å². The molecule has 0 spiro atoms. The summed E-state index contributed by atoms with van der Waals surface area (Å²) in [4.78, 5) is -0.317. The van der Waals surface area contributed by atoms with Crippen molar-refractivity contribution in [2.75, 3.05) is 18.5 Å². The lowest BCUT2D eigenvalue weighted by atomic mass is 9.91. The van der Waals surface area contributed by atoms with Crippen molar-refractivity contribution in [3.63, 3.8) is 0 Å². The number of nitrogens with one attached hydrogen (secondary N) is 1. The molecule has 5 nitrogen and oxygen atoms in total. The molecule has 0 amide bonds. The number of aliphatic hydroxyl groups is 1. The minimum absolute atomic E-state index is 0.0268. The number of benzene rings is 2. The quantitative estimate of drug-likeness (QED) is 0.428. The fraction of sp³-hybridized carbons (Fsp3) is 0.500. The van der Waals surface area contributed by atoms with Crippen molar-refractivity contribution in [1.82, 2.24) is 0 Å². The van der Waals surface area contributed by atoms with Gasteiger partial charge in [-0.25, -0.2) is 17.2 Å². The van der Waals surface area contributed by atoms with E-state index in [9.17, 15) is 17.9 Å². The van der Waals surface area contributed by atoms with Gasteiger partial charge in [0.05, 0.1) is 22.5 Å². The van der Waals surface area contributed by atoms with Crippen LogP contribution >= 0.6 is 11.6 Å². The smallest absolute Gasteiger partial charge is 0.184 e. The molecule has 0 aromatic heterocycles. The minimum atomic E-state index is -3.98. The Kier molecular flexibility index (Phi) is 7.65. The van der Waals surface area contributed by atoms with Gasteiger partial charge >= 0.3 is 0 Å². The molecule has 0 bridgehead atoms. The second-order valence-electron chi connectivity index (χ2n) is 10.5. The highest BCUT2D eigenvalue weighted by Gasteiger charge is 2.44. The van der Waals surface area contributed by atoms with Crippen LogP contribution in [-0.2, 0) is 14.6 Å². The summed E-state index contributed by atoms with van der Waals surface area (Å²) >= 11 is 5.93. The van der Waals surface area contributed by atoms with E-state index >= 15 is 4.39 Å². The maximum Gasteiger partial charge on any atom is 0.184 e. The van der Waals surface area contributed by atoms with Gasteiger partial charge in [-0.1, -0.05) is 11.6 Å². The van der Waals surface area contributed by atoms with Gasteiger partial charge in [-0.3, -0.25) is 0 Å². The Morgan fingerprint density at radius 1 is 1.03 bits per heavy atom. The number of anilines is 1. The molecule has 3 fully saturated rings. The molecule has 0 radical (unpaired) electrons. The van der Waals surface area contributed by atoms with E-state index < -0.39 is 32.3 Å². The lowest BCUT2D eigenvalue weighted by molar-refractivity contribution is -0.0703. The van der Waals surface area contributed by atoms with Crippen molar-refractivity contribution in [2.24, 2.45) is 5.92 Å². The van der Waals surface area contributed by atoms with Gasteiger partial charge < -0.3 is 15.2 Å². The largest absolute Gasteiger partial charge is 0.387 e. The van der Waals surface area contributed by atoms with Crippen LogP contribution in [0.3, 0.4) is 0 Å². The predicted molar refractivity (Wildman–Crippen MR) is 140 cm³/mol. The molecule has 9 heteroatoms. The molecule has 1 heterocycles. The van der Waals surface area contributed by atoms with E-state index in [1.807, 2.05) is 0 Å². The minimum Gasteiger partial charge on any atom is -0.387 e. The zero-order valence-electron chi connectivity index (χ0n) is 20.6. The molecule has 2 N–H and O–H groups in total. The van der Waals surface area contributed by atoms with Crippen LogP contribution in [0.15, 0.2) is 46.9 Å². The standard InChI is InChI=1S/C28H32ClF2NO4S/c29-23-16-21(10-12-24(23)30)32-27(18-5-6-18)19-7-11-25(31)26(15-19)37(34,35)22-3-1-13-28(33,20-8-9-20)17-36-14-2-4-22/h7,10-12,15-16,20,22,32-33H,1-6,8-9,13-14,17H2. The number of hydrogen-bond acceptors (Lipinski definition) is 5. The van der Waals surface area contributed by atoms with Crippen molar-refractivity contribution in [3.05, 3.63) is 64.2 Å². The number of hydrogen-bond donors (Lipinski definition) is 2. The molecule has 2 saturated carbocycles. The van der Waals surface area contributed by atoms with Gasteiger partial charge in [0, 0.05) is 18.0 Å². The molecular weight excluding hydrogens is 520 g/mol. The van der Waals surface area contributed by atoms with Gasteiger partial charge in [0.2, 0.25) is 0 Å². The van der Waals surface area contributed by atoms with Gasteiger partial charge in [-0.2, -0.15) is 0 Å². The lowest BCUT2D eigenvalue weighted by Gasteiger charge is -2.30. The summed E-state index contributed by atoms with van der Waals surface area (Å²) in [5, 5.41) is 13.5. The first-order chi connectivity index (χ1) is 17.7. The van der Waals surface area contributed by atoms with Crippen LogP contribution in [0.1, 0.15) is 63.4 Å². The normalized spacial score (nSPS) is 25.0. The van der Waals surface area contributed by atoms with Gasteiger partial charge in [0.25, 0.3) is 0 Å². The van der Waals surface area contributed by atoms with Gasteiger partial charge in [0.15, 0.2) is 9.84 Å².